The second-order valence-corrected chi connectivity index (χ2v) is 5.49. The van der Waals surface area contributed by atoms with Gasteiger partial charge in [-0.15, -0.1) is 0 Å². The van der Waals surface area contributed by atoms with Crippen LogP contribution in [0.1, 0.15) is 54.9 Å². The Hall–Kier alpha value is -1.32. The van der Waals surface area contributed by atoms with Gasteiger partial charge in [0.2, 0.25) is 0 Å². The van der Waals surface area contributed by atoms with Gasteiger partial charge in [0.05, 0.1) is 13.2 Å². The van der Waals surface area contributed by atoms with Crippen LogP contribution in [0.25, 0.3) is 0 Å². The van der Waals surface area contributed by atoms with Crippen molar-refractivity contribution in [3.8, 4) is 0 Å². The van der Waals surface area contributed by atoms with Crippen molar-refractivity contribution in [2.45, 2.75) is 54.9 Å². The van der Waals surface area contributed by atoms with E-state index in [1.54, 1.807) is 13.0 Å². The number of esters is 2. The Kier molecular flexibility index (Phi) is 13.3. The fourth-order valence-corrected chi connectivity index (χ4v) is 0.912. The Morgan fingerprint density at radius 2 is 1.55 bits per heavy atom. The predicted octanol–water partition coefficient (Wildman–Crippen LogP) is 3.75. The van der Waals surface area contributed by atoms with E-state index in [1.807, 2.05) is 20.8 Å². The lowest BCUT2D eigenvalue weighted by atomic mass is 10.1. The molecule has 20 heavy (non-hydrogen) atoms. The number of carbonyl (C=O) groups is 2. The van der Waals surface area contributed by atoms with Gasteiger partial charge in [-0.1, -0.05) is 33.8 Å². The predicted molar refractivity (Wildman–Crippen MR) is 81.3 cm³/mol. The van der Waals surface area contributed by atoms with Crippen molar-refractivity contribution in [3.63, 3.8) is 0 Å². The molecule has 0 amide bonds. The normalized spacial score (nSPS) is 10.9. The smallest absolute Gasteiger partial charge is 0.333 e. The summed E-state index contributed by atoms with van der Waals surface area (Å²) in [6.45, 7) is 14.3. The van der Waals surface area contributed by atoms with Gasteiger partial charge in [-0.05, 0) is 32.1 Å². The first-order chi connectivity index (χ1) is 9.20. The van der Waals surface area contributed by atoms with Crippen molar-refractivity contribution in [2.75, 3.05) is 13.2 Å². The standard InChI is InChI=1S/C9H16O2.C7H14O2/c1-5-8(4)9(10)11-6-7(2)3;1-6(2)4-5-9-7(3)8/h5,7H,6H2,1-4H3;6H,4-5H2,1-3H3/b8-5-;. The summed E-state index contributed by atoms with van der Waals surface area (Å²) in [6.07, 6.45) is 2.71. The number of carbonyl (C=O) groups excluding carboxylic acids is 2. The van der Waals surface area contributed by atoms with Crippen molar-refractivity contribution in [2.24, 2.45) is 11.8 Å². The maximum absolute atomic E-state index is 11.0. The van der Waals surface area contributed by atoms with Crippen LogP contribution in [0.2, 0.25) is 0 Å². The molecule has 118 valence electrons. The highest BCUT2D eigenvalue weighted by Gasteiger charge is 2.04. The Bertz CT molecular complexity index is 304. The zero-order valence-electron chi connectivity index (χ0n) is 14.0. The van der Waals surface area contributed by atoms with Crippen LogP contribution in [0, 0.1) is 11.8 Å². The van der Waals surface area contributed by atoms with Crippen LogP contribution < -0.4 is 0 Å². The molecule has 0 saturated carbocycles. The molecule has 0 atom stereocenters. The third-order valence-corrected chi connectivity index (χ3v) is 2.30. The number of hydrogen-bond donors (Lipinski definition) is 0. The molecule has 0 N–H and O–H groups in total. The van der Waals surface area contributed by atoms with Crippen molar-refractivity contribution in [1.82, 2.24) is 0 Å². The Morgan fingerprint density at radius 3 is 1.90 bits per heavy atom. The summed E-state index contributed by atoms with van der Waals surface area (Å²) in [5, 5.41) is 0. The topological polar surface area (TPSA) is 52.6 Å². The molecule has 0 aromatic carbocycles. The van der Waals surface area contributed by atoms with Gasteiger partial charge in [0.25, 0.3) is 0 Å². The molecule has 0 aliphatic rings. The number of hydrogen-bond acceptors (Lipinski definition) is 4. The molecule has 0 saturated heterocycles. The summed E-state index contributed by atoms with van der Waals surface area (Å²) < 4.78 is 9.66. The minimum atomic E-state index is -0.207. The molecule has 0 fully saturated rings. The minimum absolute atomic E-state index is 0.185. The van der Waals surface area contributed by atoms with Gasteiger partial charge in [0.15, 0.2) is 0 Å². The summed E-state index contributed by atoms with van der Waals surface area (Å²) in [5.74, 6) is 0.629. The van der Waals surface area contributed by atoms with Crippen molar-refractivity contribution in [3.05, 3.63) is 11.6 Å². The fourth-order valence-electron chi connectivity index (χ4n) is 0.912. The first kappa shape index (κ1) is 21.0. The van der Waals surface area contributed by atoms with Gasteiger partial charge in [-0.3, -0.25) is 4.79 Å². The van der Waals surface area contributed by atoms with E-state index in [4.69, 9.17) is 9.47 Å². The summed E-state index contributed by atoms with van der Waals surface area (Å²) in [7, 11) is 0. The highest BCUT2D eigenvalue weighted by atomic mass is 16.5. The van der Waals surface area contributed by atoms with E-state index >= 15 is 0 Å². The second-order valence-electron chi connectivity index (χ2n) is 5.49. The average Bonchev–Trinajstić information content (AvgIpc) is 2.34. The lowest BCUT2D eigenvalue weighted by Crippen LogP contribution is -2.10. The maximum Gasteiger partial charge on any atom is 0.333 e. The van der Waals surface area contributed by atoms with Gasteiger partial charge in [0.1, 0.15) is 0 Å². The van der Waals surface area contributed by atoms with E-state index in [-0.39, 0.29) is 11.9 Å². The number of ether oxygens (including phenoxy) is 2. The summed E-state index contributed by atoms with van der Waals surface area (Å²) >= 11 is 0. The van der Waals surface area contributed by atoms with Gasteiger partial charge in [-0.2, -0.15) is 0 Å². The van der Waals surface area contributed by atoms with Gasteiger partial charge >= 0.3 is 11.9 Å². The molecule has 0 unspecified atom stereocenters. The van der Waals surface area contributed by atoms with Crippen LogP contribution in [0.3, 0.4) is 0 Å². The van der Waals surface area contributed by atoms with E-state index in [0.29, 0.717) is 30.6 Å². The van der Waals surface area contributed by atoms with E-state index in [0.717, 1.165) is 6.42 Å². The molecule has 4 heteroatoms. The average molecular weight is 286 g/mol. The van der Waals surface area contributed by atoms with Crippen molar-refractivity contribution >= 4 is 11.9 Å². The molecule has 0 bridgehead atoms. The molecule has 0 spiro atoms. The molecule has 0 rings (SSSR count). The second kappa shape index (κ2) is 12.7. The molecule has 0 heterocycles. The largest absolute Gasteiger partial charge is 0.466 e. The summed E-state index contributed by atoms with van der Waals surface area (Å²) in [5.41, 5.74) is 0.672. The molecule has 0 aliphatic heterocycles. The monoisotopic (exact) mass is 286 g/mol. The van der Waals surface area contributed by atoms with Crippen LogP contribution in [-0.2, 0) is 19.1 Å². The maximum atomic E-state index is 11.0. The zero-order chi connectivity index (χ0) is 16.1. The van der Waals surface area contributed by atoms with Gasteiger partial charge < -0.3 is 9.47 Å². The SMILES string of the molecule is C/C=C(/C)C(=O)OCC(C)C.CC(=O)OCCC(C)C. The van der Waals surface area contributed by atoms with Crippen LogP contribution in [0.5, 0.6) is 0 Å². The number of allylic oxidation sites excluding steroid dienone is 1. The Balaban J connectivity index is 0. The number of rotatable bonds is 6. The van der Waals surface area contributed by atoms with Crippen LogP contribution in [0.4, 0.5) is 0 Å². The lowest BCUT2D eigenvalue weighted by molar-refractivity contribution is -0.141. The van der Waals surface area contributed by atoms with Crippen LogP contribution in [-0.4, -0.2) is 25.2 Å². The molecular formula is C16H30O4. The summed E-state index contributed by atoms with van der Waals surface area (Å²) in [4.78, 5) is 21.2. The van der Waals surface area contributed by atoms with Crippen molar-refractivity contribution < 1.29 is 19.1 Å². The van der Waals surface area contributed by atoms with E-state index in [1.165, 1.54) is 6.92 Å². The van der Waals surface area contributed by atoms with Crippen LogP contribution >= 0.6 is 0 Å². The lowest BCUT2D eigenvalue weighted by Gasteiger charge is -2.06. The quantitative estimate of drug-likeness (QED) is 0.551. The first-order valence-electron chi connectivity index (χ1n) is 7.14. The van der Waals surface area contributed by atoms with Crippen LogP contribution in [0.15, 0.2) is 11.6 Å². The first-order valence-corrected chi connectivity index (χ1v) is 7.14. The molecular weight excluding hydrogens is 256 g/mol. The zero-order valence-corrected chi connectivity index (χ0v) is 14.0. The Morgan fingerprint density at radius 1 is 1.00 bits per heavy atom. The van der Waals surface area contributed by atoms with E-state index in [2.05, 4.69) is 13.8 Å². The third kappa shape index (κ3) is 16.7. The van der Waals surface area contributed by atoms with E-state index < -0.39 is 0 Å². The third-order valence-electron chi connectivity index (χ3n) is 2.30. The van der Waals surface area contributed by atoms with E-state index in [9.17, 15) is 9.59 Å². The summed E-state index contributed by atoms with van der Waals surface area (Å²) in [6, 6.07) is 0. The van der Waals surface area contributed by atoms with Gasteiger partial charge in [0, 0.05) is 12.5 Å². The highest BCUT2D eigenvalue weighted by molar-refractivity contribution is 5.87. The van der Waals surface area contributed by atoms with Gasteiger partial charge in [-0.25, -0.2) is 4.79 Å². The molecule has 0 radical (unpaired) electrons. The van der Waals surface area contributed by atoms with Crippen molar-refractivity contribution in [1.29, 1.82) is 0 Å². The molecule has 0 aliphatic carbocycles. The Labute approximate surface area is 123 Å². The molecule has 0 aromatic heterocycles. The fraction of sp³-hybridized carbons (Fsp3) is 0.750. The molecule has 4 nitrogen and oxygen atoms in total. The molecule has 0 aromatic rings. The minimum Gasteiger partial charge on any atom is -0.466 e. The highest BCUT2D eigenvalue weighted by Crippen LogP contribution is 1.99.